The molecule has 2 saturated heterocycles. The van der Waals surface area contributed by atoms with E-state index in [4.69, 9.17) is 5.73 Å². The Hall–Kier alpha value is -2.16. The molecule has 9 nitrogen and oxygen atoms in total. The number of nitrogens with one attached hydrogen (secondary N) is 1. The van der Waals surface area contributed by atoms with Gasteiger partial charge in [0.05, 0.1) is 6.04 Å². The number of rotatable bonds is 5. The van der Waals surface area contributed by atoms with Crippen molar-refractivity contribution in [1.29, 1.82) is 0 Å². The van der Waals surface area contributed by atoms with E-state index < -0.39 is 42.0 Å². The van der Waals surface area contributed by atoms with Crippen LogP contribution in [0.1, 0.15) is 39.5 Å². The van der Waals surface area contributed by atoms with Crippen LogP contribution in [0, 0.1) is 0 Å². The lowest BCUT2D eigenvalue weighted by Gasteiger charge is -2.28. The molecule has 2 aliphatic rings. The first-order chi connectivity index (χ1) is 11.7. The van der Waals surface area contributed by atoms with Gasteiger partial charge in [-0.2, -0.15) is 0 Å². The summed E-state index contributed by atoms with van der Waals surface area (Å²) in [4.78, 5) is 51.0. The quantitative estimate of drug-likeness (QED) is 0.574. The van der Waals surface area contributed by atoms with Crippen LogP contribution in [0.15, 0.2) is 0 Å². The molecule has 2 aliphatic heterocycles. The molecule has 2 rings (SSSR count). The molecule has 25 heavy (non-hydrogen) atoms. The number of amides is 3. The Morgan fingerprint density at radius 2 is 1.52 bits per heavy atom. The summed E-state index contributed by atoms with van der Waals surface area (Å²) < 4.78 is 0. The smallest absolute Gasteiger partial charge is 0.326 e. The van der Waals surface area contributed by atoms with Crippen LogP contribution >= 0.6 is 0 Å². The third-order valence-electron chi connectivity index (χ3n) is 4.78. The first-order valence-electron chi connectivity index (χ1n) is 8.63. The van der Waals surface area contributed by atoms with Crippen LogP contribution in [0.3, 0.4) is 0 Å². The number of aliphatic carboxylic acids is 1. The first-order valence-corrected chi connectivity index (χ1v) is 8.63. The maximum atomic E-state index is 12.5. The Morgan fingerprint density at radius 3 is 2.04 bits per heavy atom. The van der Waals surface area contributed by atoms with Crippen LogP contribution < -0.4 is 11.1 Å². The van der Waals surface area contributed by atoms with Crippen LogP contribution in [0.5, 0.6) is 0 Å². The normalized spacial score (nSPS) is 25.6. The van der Waals surface area contributed by atoms with Crippen molar-refractivity contribution in [1.82, 2.24) is 15.1 Å². The fraction of sp³-hybridized carbons (Fsp3) is 0.750. The van der Waals surface area contributed by atoms with E-state index >= 15 is 0 Å². The average molecular weight is 354 g/mol. The summed E-state index contributed by atoms with van der Waals surface area (Å²) in [6, 6.07) is -3.01. The number of nitrogens with two attached hydrogens (primary N) is 1. The molecule has 2 heterocycles. The molecule has 0 aromatic heterocycles. The predicted molar refractivity (Wildman–Crippen MR) is 88.4 cm³/mol. The van der Waals surface area contributed by atoms with Gasteiger partial charge in [-0.05, 0) is 39.5 Å². The van der Waals surface area contributed by atoms with Gasteiger partial charge in [-0.15, -0.1) is 0 Å². The van der Waals surface area contributed by atoms with Gasteiger partial charge in [0.25, 0.3) is 0 Å². The summed E-state index contributed by atoms with van der Waals surface area (Å²) in [6.45, 7) is 3.94. The molecular formula is C16H26N4O5. The number of carbonyl (C=O) groups excluding carboxylic acids is 3. The summed E-state index contributed by atoms with van der Waals surface area (Å²) in [5, 5.41) is 11.8. The number of carboxylic acids is 1. The Bertz CT molecular complexity index is 565. The monoisotopic (exact) mass is 354 g/mol. The Labute approximate surface area is 146 Å². The minimum Gasteiger partial charge on any atom is -0.480 e. The summed E-state index contributed by atoms with van der Waals surface area (Å²) in [5.74, 6) is -2.14. The van der Waals surface area contributed by atoms with Crippen LogP contribution in [-0.2, 0) is 19.2 Å². The second-order valence-electron chi connectivity index (χ2n) is 6.74. The molecule has 140 valence electrons. The SMILES string of the molecule is CC(N)C(=O)N1CCCC1C(=O)NC(C)C(=O)N1CCCC1C(=O)O. The Balaban J connectivity index is 1.98. The van der Waals surface area contributed by atoms with Crippen molar-refractivity contribution in [3.8, 4) is 0 Å². The Kier molecular flexibility index (Phi) is 5.99. The minimum atomic E-state index is -1.03. The molecule has 0 aliphatic carbocycles. The summed E-state index contributed by atoms with van der Waals surface area (Å²) in [6.07, 6.45) is 2.27. The molecule has 3 amide bonds. The molecule has 4 unspecified atom stereocenters. The lowest BCUT2D eigenvalue weighted by atomic mass is 10.1. The highest BCUT2D eigenvalue weighted by atomic mass is 16.4. The maximum absolute atomic E-state index is 12.5. The summed E-state index contributed by atoms with van der Waals surface area (Å²) in [5.41, 5.74) is 5.61. The highest BCUT2D eigenvalue weighted by Crippen LogP contribution is 2.20. The zero-order valence-corrected chi connectivity index (χ0v) is 14.6. The third kappa shape index (κ3) is 4.09. The number of carbonyl (C=O) groups is 4. The van der Waals surface area contributed by atoms with Crippen LogP contribution in [0.4, 0.5) is 0 Å². The summed E-state index contributed by atoms with van der Waals surface area (Å²) in [7, 11) is 0. The van der Waals surface area contributed by atoms with Gasteiger partial charge in [-0.1, -0.05) is 0 Å². The molecule has 0 aromatic carbocycles. The molecule has 0 aromatic rings. The van der Waals surface area contributed by atoms with Crippen LogP contribution in [0.2, 0.25) is 0 Å². The number of carboxylic acid groups (broad SMARTS) is 1. The highest BCUT2D eigenvalue weighted by Gasteiger charge is 2.39. The molecular weight excluding hydrogens is 328 g/mol. The lowest BCUT2D eigenvalue weighted by molar-refractivity contribution is -0.149. The zero-order valence-electron chi connectivity index (χ0n) is 14.6. The standard InChI is InChI=1S/C16H26N4O5/c1-9(17)14(22)19-7-3-5-11(19)13(21)18-10(2)15(23)20-8-4-6-12(20)16(24)25/h9-12H,3-8,17H2,1-2H3,(H,18,21)(H,24,25). The second kappa shape index (κ2) is 7.81. The molecule has 9 heteroatoms. The van der Waals surface area contributed by atoms with Gasteiger partial charge in [-0.25, -0.2) is 4.79 Å². The van der Waals surface area contributed by atoms with Crippen LogP contribution in [0.25, 0.3) is 0 Å². The fourth-order valence-electron chi connectivity index (χ4n) is 3.47. The Morgan fingerprint density at radius 1 is 1.00 bits per heavy atom. The molecule has 2 fully saturated rings. The van der Waals surface area contributed by atoms with Gasteiger partial charge >= 0.3 is 5.97 Å². The van der Waals surface area contributed by atoms with E-state index in [1.165, 1.54) is 16.7 Å². The number of likely N-dealkylation sites (tertiary alicyclic amines) is 2. The summed E-state index contributed by atoms with van der Waals surface area (Å²) >= 11 is 0. The topological polar surface area (TPSA) is 133 Å². The minimum absolute atomic E-state index is 0.290. The molecule has 4 atom stereocenters. The molecule has 0 spiro atoms. The van der Waals surface area contributed by atoms with Gasteiger partial charge in [0.15, 0.2) is 0 Å². The van der Waals surface area contributed by atoms with Crippen molar-refractivity contribution >= 4 is 23.7 Å². The van der Waals surface area contributed by atoms with Crippen molar-refractivity contribution in [2.75, 3.05) is 13.1 Å². The molecule has 4 N–H and O–H groups in total. The van der Waals surface area contributed by atoms with Gasteiger partial charge in [-0.3, -0.25) is 14.4 Å². The highest BCUT2D eigenvalue weighted by molar-refractivity contribution is 5.94. The lowest BCUT2D eigenvalue weighted by Crippen LogP contribution is -2.55. The van der Waals surface area contributed by atoms with Gasteiger partial charge < -0.3 is 26.0 Å². The largest absolute Gasteiger partial charge is 0.480 e. The van der Waals surface area contributed by atoms with Crippen molar-refractivity contribution in [3.63, 3.8) is 0 Å². The van der Waals surface area contributed by atoms with E-state index in [9.17, 15) is 24.3 Å². The van der Waals surface area contributed by atoms with Crippen molar-refractivity contribution < 1.29 is 24.3 Å². The van der Waals surface area contributed by atoms with Crippen molar-refractivity contribution in [3.05, 3.63) is 0 Å². The van der Waals surface area contributed by atoms with E-state index in [2.05, 4.69) is 5.32 Å². The predicted octanol–water partition coefficient (Wildman–Crippen LogP) is -1.10. The second-order valence-corrected chi connectivity index (χ2v) is 6.74. The van der Waals surface area contributed by atoms with Gasteiger partial charge in [0.2, 0.25) is 17.7 Å². The molecule has 0 radical (unpaired) electrons. The fourth-order valence-corrected chi connectivity index (χ4v) is 3.47. The van der Waals surface area contributed by atoms with E-state index in [0.717, 1.165) is 0 Å². The van der Waals surface area contributed by atoms with Crippen LogP contribution in [-0.4, -0.2) is 75.9 Å². The van der Waals surface area contributed by atoms with E-state index in [-0.39, 0.29) is 5.91 Å². The average Bonchev–Trinajstić information content (AvgIpc) is 3.21. The molecule has 0 bridgehead atoms. The van der Waals surface area contributed by atoms with Gasteiger partial charge in [0.1, 0.15) is 18.1 Å². The third-order valence-corrected chi connectivity index (χ3v) is 4.78. The van der Waals surface area contributed by atoms with Crippen molar-refractivity contribution in [2.45, 2.75) is 63.7 Å². The van der Waals surface area contributed by atoms with Crippen molar-refractivity contribution in [2.24, 2.45) is 5.73 Å². The number of nitrogens with zero attached hydrogens (tertiary/aromatic N) is 2. The molecule has 0 saturated carbocycles. The van der Waals surface area contributed by atoms with E-state index in [0.29, 0.717) is 38.8 Å². The number of hydrogen-bond donors (Lipinski definition) is 3. The zero-order chi connectivity index (χ0) is 18.7. The van der Waals surface area contributed by atoms with E-state index in [1.54, 1.807) is 6.92 Å². The van der Waals surface area contributed by atoms with E-state index in [1.807, 2.05) is 0 Å². The first kappa shape index (κ1) is 19.2. The number of hydrogen-bond acceptors (Lipinski definition) is 5. The maximum Gasteiger partial charge on any atom is 0.326 e. The van der Waals surface area contributed by atoms with Gasteiger partial charge in [0, 0.05) is 13.1 Å².